The third-order valence-electron chi connectivity index (χ3n) is 3.37. The molecule has 0 radical (unpaired) electrons. The van der Waals surface area contributed by atoms with E-state index in [1.54, 1.807) is 12.1 Å². The van der Waals surface area contributed by atoms with Crippen LogP contribution in [0.25, 0.3) is 0 Å². The SMILES string of the molecule is CN(CC(=O)c1ccccc1Cl)CC1CC(O)C1. The van der Waals surface area contributed by atoms with Crippen LogP contribution in [0.3, 0.4) is 0 Å². The number of hydrogen-bond donors (Lipinski definition) is 1. The zero-order valence-corrected chi connectivity index (χ0v) is 11.2. The molecule has 0 bridgehead atoms. The lowest BCUT2D eigenvalue weighted by Gasteiger charge is -2.34. The van der Waals surface area contributed by atoms with Crippen molar-refractivity contribution in [1.82, 2.24) is 4.90 Å². The Morgan fingerprint density at radius 1 is 1.44 bits per heavy atom. The van der Waals surface area contributed by atoms with Crippen molar-refractivity contribution in [2.75, 3.05) is 20.1 Å². The Hall–Kier alpha value is -0.900. The average Bonchev–Trinajstić information content (AvgIpc) is 2.27. The van der Waals surface area contributed by atoms with Gasteiger partial charge in [-0.1, -0.05) is 23.7 Å². The minimum atomic E-state index is -0.136. The maximum absolute atomic E-state index is 12.1. The molecule has 1 aliphatic rings. The number of aliphatic hydroxyl groups is 1. The molecule has 0 aliphatic heterocycles. The first-order chi connectivity index (χ1) is 8.56. The lowest BCUT2D eigenvalue weighted by Crippen LogP contribution is -2.38. The number of hydrogen-bond acceptors (Lipinski definition) is 3. The van der Waals surface area contributed by atoms with E-state index in [4.69, 9.17) is 11.6 Å². The molecule has 1 aliphatic carbocycles. The van der Waals surface area contributed by atoms with Gasteiger partial charge in [-0.3, -0.25) is 9.69 Å². The predicted molar refractivity (Wildman–Crippen MR) is 72.0 cm³/mol. The van der Waals surface area contributed by atoms with Crippen LogP contribution in [0.4, 0.5) is 0 Å². The molecule has 1 N–H and O–H groups in total. The summed E-state index contributed by atoms with van der Waals surface area (Å²) in [5.74, 6) is 0.562. The number of rotatable bonds is 5. The molecule has 0 aromatic heterocycles. The summed E-state index contributed by atoms with van der Waals surface area (Å²) in [5, 5.41) is 9.73. The molecule has 0 amide bonds. The Labute approximate surface area is 112 Å². The van der Waals surface area contributed by atoms with E-state index in [-0.39, 0.29) is 11.9 Å². The van der Waals surface area contributed by atoms with Gasteiger partial charge in [0.25, 0.3) is 0 Å². The number of nitrogens with zero attached hydrogens (tertiary/aromatic N) is 1. The molecule has 2 rings (SSSR count). The van der Waals surface area contributed by atoms with Crippen LogP contribution in [-0.2, 0) is 0 Å². The summed E-state index contributed by atoms with van der Waals surface area (Å²) in [6.45, 7) is 1.23. The molecule has 0 unspecified atom stereocenters. The standard InChI is InChI=1S/C14H18ClNO2/c1-16(8-10-6-11(17)7-10)9-14(18)12-4-2-3-5-13(12)15/h2-5,10-11,17H,6-9H2,1H3. The summed E-state index contributed by atoms with van der Waals surface area (Å²) in [5.41, 5.74) is 0.583. The third-order valence-corrected chi connectivity index (χ3v) is 3.70. The fourth-order valence-electron chi connectivity index (χ4n) is 2.37. The Bertz CT molecular complexity index is 430. The van der Waals surface area contributed by atoms with E-state index < -0.39 is 0 Å². The average molecular weight is 268 g/mol. The Kier molecular flexibility index (Phi) is 4.38. The van der Waals surface area contributed by atoms with Crippen molar-refractivity contribution < 1.29 is 9.90 Å². The summed E-state index contributed by atoms with van der Waals surface area (Å²) in [6, 6.07) is 7.13. The van der Waals surface area contributed by atoms with Crippen LogP contribution in [-0.4, -0.2) is 42.0 Å². The highest BCUT2D eigenvalue weighted by molar-refractivity contribution is 6.34. The minimum absolute atomic E-state index is 0.0444. The fraction of sp³-hybridized carbons (Fsp3) is 0.500. The van der Waals surface area contributed by atoms with Crippen LogP contribution >= 0.6 is 11.6 Å². The van der Waals surface area contributed by atoms with E-state index in [9.17, 15) is 9.90 Å². The number of benzene rings is 1. The molecule has 0 atom stereocenters. The number of carbonyl (C=O) groups is 1. The van der Waals surface area contributed by atoms with E-state index in [0.717, 1.165) is 19.4 Å². The maximum atomic E-state index is 12.1. The van der Waals surface area contributed by atoms with Gasteiger partial charge < -0.3 is 5.11 Å². The van der Waals surface area contributed by atoms with Gasteiger partial charge in [-0.2, -0.15) is 0 Å². The first-order valence-corrected chi connectivity index (χ1v) is 6.58. The zero-order valence-electron chi connectivity index (χ0n) is 10.5. The molecule has 1 saturated carbocycles. The van der Waals surface area contributed by atoms with Gasteiger partial charge in [0.2, 0.25) is 0 Å². The topological polar surface area (TPSA) is 40.5 Å². The quantitative estimate of drug-likeness (QED) is 0.832. The van der Waals surface area contributed by atoms with Crippen molar-refractivity contribution in [3.63, 3.8) is 0 Å². The van der Waals surface area contributed by atoms with Crippen LogP contribution in [0, 0.1) is 5.92 Å². The van der Waals surface area contributed by atoms with Gasteiger partial charge in [0.05, 0.1) is 17.7 Å². The van der Waals surface area contributed by atoms with Crippen molar-refractivity contribution in [3.05, 3.63) is 34.9 Å². The third kappa shape index (κ3) is 3.31. The smallest absolute Gasteiger partial charge is 0.178 e. The molecule has 18 heavy (non-hydrogen) atoms. The van der Waals surface area contributed by atoms with Crippen LogP contribution in [0.15, 0.2) is 24.3 Å². The molecule has 1 fully saturated rings. The van der Waals surface area contributed by atoms with Gasteiger partial charge in [0.1, 0.15) is 0 Å². The molecule has 1 aromatic carbocycles. The van der Waals surface area contributed by atoms with Gasteiger partial charge in [-0.25, -0.2) is 0 Å². The van der Waals surface area contributed by atoms with Crippen molar-refractivity contribution >= 4 is 17.4 Å². The number of Topliss-reactive ketones (excluding diaryl/α,β-unsaturated/α-hetero) is 1. The molecule has 98 valence electrons. The van der Waals surface area contributed by atoms with Crippen molar-refractivity contribution in [3.8, 4) is 0 Å². The Morgan fingerprint density at radius 2 is 2.11 bits per heavy atom. The largest absolute Gasteiger partial charge is 0.393 e. The normalized spacial score (nSPS) is 22.9. The van der Waals surface area contributed by atoms with E-state index >= 15 is 0 Å². The Balaban J connectivity index is 1.85. The molecular weight excluding hydrogens is 250 g/mol. The number of halogens is 1. The lowest BCUT2D eigenvalue weighted by molar-refractivity contribution is 0.0286. The van der Waals surface area contributed by atoms with Crippen LogP contribution < -0.4 is 0 Å². The first-order valence-electron chi connectivity index (χ1n) is 6.20. The Morgan fingerprint density at radius 3 is 2.72 bits per heavy atom. The molecule has 1 aromatic rings. The maximum Gasteiger partial charge on any atom is 0.178 e. The molecule has 0 spiro atoms. The molecule has 0 heterocycles. The monoisotopic (exact) mass is 267 g/mol. The lowest BCUT2D eigenvalue weighted by atomic mass is 9.82. The minimum Gasteiger partial charge on any atom is -0.393 e. The van der Waals surface area contributed by atoms with E-state index in [0.29, 0.717) is 23.0 Å². The zero-order chi connectivity index (χ0) is 13.1. The van der Waals surface area contributed by atoms with Crippen LogP contribution in [0.5, 0.6) is 0 Å². The van der Waals surface area contributed by atoms with E-state index in [1.807, 2.05) is 24.1 Å². The first kappa shape index (κ1) is 13.5. The van der Waals surface area contributed by atoms with Crippen molar-refractivity contribution in [1.29, 1.82) is 0 Å². The summed E-state index contributed by atoms with van der Waals surface area (Å²) >= 11 is 5.99. The predicted octanol–water partition coefficient (Wildman–Crippen LogP) is 2.23. The second-order valence-corrected chi connectivity index (χ2v) is 5.50. The summed E-state index contributed by atoms with van der Waals surface area (Å²) in [4.78, 5) is 14.1. The highest BCUT2D eigenvalue weighted by Gasteiger charge is 2.28. The number of ketones is 1. The molecule has 3 nitrogen and oxygen atoms in total. The number of aliphatic hydroxyl groups excluding tert-OH is 1. The van der Waals surface area contributed by atoms with E-state index in [2.05, 4.69) is 0 Å². The molecule has 0 saturated heterocycles. The summed E-state index contributed by atoms with van der Waals surface area (Å²) in [6.07, 6.45) is 1.57. The second-order valence-electron chi connectivity index (χ2n) is 5.09. The molecular formula is C14H18ClNO2. The van der Waals surface area contributed by atoms with Gasteiger partial charge in [-0.05, 0) is 37.9 Å². The van der Waals surface area contributed by atoms with Crippen molar-refractivity contribution in [2.45, 2.75) is 18.9 Å². The van der Waals surface area contributed by atoms with Gasteiger partial charge in [-0.15, -0.1) is 0 Å². The van der Waals surface area contributed by atoms with E-state index in [1.165, 1.54) is 0 Å². The van der Waals surface area contributed by atoms with Gasteiger partial charge in [0.15, 0.2) is 5.78 Å². The summed E-state index contributed by atoms with van der Waals surface area (Å²) in [7, 11) is 1.93. The number of carbonyl (C=O) groups excluding carboxylic acids is 1. The highest BCUT2D eigenvalue weighted by Crippen LogP contribution is 2.27. The summed E-state index contributed by atoms with van der Waals surface area (Å²) < 4.78 is 0. The fourth-order valence-corrected chi connectivity index (χ4v) is 2.61. The number of likely N-dealkylation sites (N-methyl/N-ethyl adjacent to an activating group) is 1. The van der Waals surface area contributed by atoms with Gasteiger partial charge >= 0.3 is 0 Å². The van der Waals surface area contributed by atoms with Crippen LogP contribution in [0.2, 0.25) is 5.02 Å². The van der Waals surface area contributed by atoms with Crippen molar-refractivity contribution in [2.24, 2.45) is 5.92 Å². The van der Waals surface area contributed by atoms with Gasteiger partial charge in [0, 0.05) is 12.1 Å². The van der Waals surface area contributed by atoms with Crippen LogP contribution in [0.1, 0.15) is 23.2 Å². The molecule has 4 heteroatoms. The highest BCUT2D eigenvalue weighted by atomic mass is 35.5. The second kappa shape index (κ2) is 5.83.